The maximum atomic E-state index is 12.3. The number of fused-ring (bicyclic) bond motifs is 1. The van der Waals surface area contributed by atoms with E-state index in [1.165, 1.54) is 0 Å². The second kappa shape index (κ2) is 7.51. The highest BCUT2D eigenvalue weighted by Crippen LogP contribution is 2.25. The second-order valence-corrected chi connectivity index (χ2v) is 6.11. The summed E-state index contributed by atoms with van der Waals surface area (Å²) < 4.78 is 21.4. The molecule has 8 heteroatoms. The molecule has 2 heterocycles. The molecule has 0 bridgehead atoms. The third-order valence-electron chi connectivity index (χ3n) is 4.20. The molecule has 2 aromatic heterocycles. The molecule has 2 aromatic carbocycles. The Morgan fingerprint density at radius 2 is 1.89 bits per heavy atom. The molecule has 8 nitrogen and oxygen atoms in total. The topological polar surface area (TPSA) is 100 Å². The Bertz CT molecular complexity index is 1100. The second-order valence-electron chi connectivity index (χ2n) is 6.11. The molecular weight excluding hydrogens is 362 g/mol. The molecule has 1 atom stereocenters. The molecule has 0 aliphatic rings. The predicted octanol–water partition coefficient (Wildman–Crippen LogP) is 3.73. The average Bonchev–Trinajstić information content (AvgIpc) is 3.36. The largest absolute Gasteiger partial charge is 0.497 e. The van der Waals surface area contributed by atoms with Crippen molar-refractivity contribution in [2.45, 2.75) is 19.4 Å². The van der Waals surface area contributed by atoms with Gasteiger partial charge in [0.25, 0.3) is 5.89 Å². The molecule has 4 rings (SSSR count). The summed E-state index contributed by atoms with van der Waals surface area (Å²) in [6.07, 6.45) is -0.703. The van der Waals surface area contributed by atoms with Crippen molar-refractivity contribution in [2.75, 3.05) is 7.11 Å². The van der Waals surface area contributed by atoms with Gasteiger partial charge in [0.1, 0.15) is 11.4 Å². The van der Waals surface area contributed by atoms with Crippen LogP contribution in [-0.2, 0) is 16.0 Å². The van der Waals surface area contributed by atoms with Crippen LogP contribution < -0.4 is 4.74 Å². The molecule has 0 fully saturated rings. The molecule has 0 aliphatic carbocycles. The zero-order chi connectivity index (χ0) is 19.5. The highest BCUT2D eigenvalue weighted by atomic mass is 16.6. The van der Waals surface area contributed by atoms with Gasteiger partial charge in [0.2, 0.25) is 5.89 Å². The third-order valence-corrected chi connectivity index (χ3v) is 4.20. The van der Waals surface area contributed by atoms with Crippen LogP contribution in [0.5, 0.6) is 5.75 Å². The summed E-state index contributed by atoms with van der Waals surface area (Å²) in [4.78, 5) is 12.3. The van der Waals surface area contributed by atoms with E-state index in [0.717, 1.165) is 16.7 Å². The smallest absolute Gasteiger partial charge is 0.312 e. The molecule has 0 saturated carbocycles. The normalized spacial score (nSPS) is 12.1. The van der Waals surface area contributed by atoms with Crippen molar-refractivity contribution in [1.29, 1.82) is 0 Å². The van der Waals surface area contributed by atoms with Crippen molar-refractivity contribution in [3.63, 3.8) is 0 Å². The SMILES string of the molecule is COc1ccc(-c2nnc([C@@H](C)OC(=O)Cc3noc4ccccc34)o2)cc1. The van der Waals surface area contributed by atoms with Crippen LogP contribution in [0.3, 0.4) is 0 Å². The molecule has 0 unspecified atom stereocenters. The number of hydrogen-bond donors (Lipinski definition) is 0. The van der Waals surface area contributed by atoms with Crippen LogP contribution in [-0.4, -0.2) is 28.4 Å². The van der Waals surface area contributed by atoms with E-state index >= 15 is 0 Å². The lowest BCUT2D eigenvalue weighted by Crippen LogP contribution is -2.12. The fraction of sp³-hybridized carbons (Fsp3) is 0.200. The maximum Gasteiger partial charge on any atom is 0.312 e. The van der Waals surface area contributed by atoms with Gasteiger partial charge in [-0.2, -0.15) is 0 Å². The van der Waals surface area contributed by atoms with Gasteiger partial charge in [-0.1, -0.05) is 17.3 Å². The van der Waals surface area contributed by atoms with Gasteiger partial charge in [-0.3, -0.25) is 4.79 Å². The molecular formula is C20H17N3O5. The number of methoxy groups -OCH3 is 1. The Balaban J connectivity index is 1.42. The number of aromatic nitrogens is 3. The Kier molecular flexibility index (Phi) is 4.76. The van der Waals surface area contributed by atoms with Crippen molar-refractivity contribution in [1.82, 2.24) is 15.4 Å². The first-order valence-corrected chi connectivity index (χ1v) is 8.64. The molecule has 0 N–H and O–H groups in total. The third kappa shape index (κ3) is 3.57. The minimum Gasteiger partial charge on any atom is -0.497 e. The first kappa shape index (κ1) is 17.7. The van der Waals surface area contributed by atoms with E-state index in [1.54, 1.807) is 32.2 Å². The number of rotatable bonds is 6. The van der Waals surface area contributed by atoms with E-state index in [9.17, 15) is 4.79 Å². The Morgan fingerprint density at radius 1 is 1.11 bits per heavy atom. The van der Waals surface area contributed by atoms with E-state index in [1.807, 2.05) is 30.3 Å². The van der Waals surface area contributed by atoms with E-state index in [0.29, 0.717) is 17.2 Å². The lowest BCUT2D eigenvalue weighted by Gasteiger charge is -2.08. The van der Waals surface area contributed by atoms with Gasteiger partial charge in [0.15, 0.2) is 11.7 Å². The van der Waals surface area contributed by atoms with E-state index in [-0.39, 0.29) is 12.3 Å². The highest BCUT2D eigenvalue weighted by molar-refractivity contribution is 5.84. The summed E-state index contributed by atoms with van der Waals surface area (Å²) in [5, 5.41) is 12.7. The van der Waals surface area contributed by atoms with Gasteiger partial charge in [0.05, 0.1) is 13.5 Å². The van der Waals surface area contributed by atoms with E-state index in [2.05, 4.69) is 15.4 Å². The Morgan fingerprint density at radius 3 is 2.68 bits per heavy atom. The average molecular weight is 379 g/mol. The van der Waals surface area contributed by atoms with Crippen LogP contribution >= 0.6 is 0 Å². The van der Waals surface area contributed by atoms with Crippen LogP contribution in [0.4, 0.5) is 0 Å². The zero-order valence-corrected chi connectivity index (χ0v) is 15.3. The van der Waals surface area contributed by atoms with E-state index in [4.69, 9.17) is 18.4 Å². The van der Waals surface area contributed by atoms with Crippen LogP contribution in [0.25, 0.3) is 22.4 Å². The summed E-state index contributed by atoms with van der Waals surface area (Å²) >= 11 is 0. The molecule has 28 heavy (non-hydrogen) atoms. The van der Waals surface area contributed by atoms with Gasteiger partial charge in [-0.15, -0.1) is 10.2 Å². The lowest BCUT2D eigenvalue weighted by atomic mass is 10.2. The van der Waals surface area contributed by atoms with Crippen molar-refractivity contribution in [3.05, 3.63) is 60.1 Å². The number of carbonyl (C=O) groups excluding carboxylic acids is 1. The fourth-order valence-electron chi connectivity index (χ4n) is 2.74. The summed E-state index contributed by atoms with van der Waals surface area (Å²) in [6, 6.07) is 14.5. The van der Waals surface area contributed by atoms with Crippen LogP contribution in [0.2, 0.25) is 0 Å². The molecule has 4 aromatic rings. The molecule has 0 amide bonds. The minimum absolute atomic E-state index is 0.0131. The minimum atomic E-state index is -0.690. The van der Waals surface area contributed by atoms with Gasteiger partial charge in [-0.05, 0) is 43.3 Å². The highest BCUT2D eigenvalue weighted by Gasteiger charge is 2.21. The summed E-state index contributed by atoms with van der Waals surface area (Å²) in [6.45, 7) is 1.67. The van der Waals surface area contributed by atoms with Crippen LogP contribution in [0.15, 0.2) is 57.5 Å². The number of carbonyl (C=O) groups is 1. The quantitative estimate of drug-likeness (QED) is 0.467. The number of benzene rings is 2. The number of hydrogen-bond acceptors (Lipinski definition) is 8. The Hall–Kier alpha value is -3.68. The number of para-hydroxylation sites is 1. The van der Waals surface area contributed by atoms with Crippen molar-refractivity contribution < 1.29 is 23.2 Å². The zero-order valence-electron chi connectivity index (χ0n) is 15.3. The first-order valence-electron chi connectivity index (χ1n) is 8.64. The van der Waals surface area contributed by atoms with Crippen molar-refractivity contribution >= 4 is 16.9 Å². The number of nitrogens with zero attached hydrogens (tertiary/aromatic N) is 3. The summed E-state index contributed by atoms with van der Waals surface area (Å²) in [7, 11) is 1.59. The van der Waals surface area contributed by atoms with Gasteiger partial charge < -0.3 is 18.4 Å². The summed E-state index contributed by atoms with van der Waals surface area (Å²) in [5.41, 5.74) is 1.89. The number of ether oxygens (including phenoxy) is 2. The molecule has 0 saturated heterocycles. The monoisotopic (exact) mass is 379 g/mol. The molecule has 0 aliphatic heterocycles. The van der Waals surface area contributed by atoms with Gasteiger partial charge in [0, 0.05) is 10.9 Å². The van der Waals surface area contributed by atoms with Crippen LogP contribution in [0, 0.1) is 0 Å². The predicted molar refractivity (Wildman–Crippen MR) is 98.5 cm³/mol. The van der Waals surface area contributed by atoms with Crippen molar-refractivity contribution in [2.24, 2.45) is 0 Å². The molecule has 0 radical (unpaired) electrons. The molecule has 142 valence electrons. The van der Waals surface area contributed by atoms with Crippen molar-refractivity contribution in [3.8, 4) is 17.2 Å². The van der Waals surface area contributed by atoms with Gasteiger partial charge >= 0.3 is 5.97 Å². The van der Waals surface area contributed by atoms with Crippen LogP contribution in [0.1, 0.15) is 24.6 Å². The lowest BCUT2D eigenvalue weighted by molar-refractivity contribution is -0.148. The fourth-order valence-corrected chi connectivity index (χ4v) is 2.74. The summed E-state index contributed by atoms with van der Waals surface area (Å²) in [5.74, 6) is 0.814. The Labute approximate surface area is 160 Å². The van der Waals surface area contributed by atoms with Gasteiger partial charge in [-0.25, -0.2) is 0 Å². The molecule has 0 spiro atoms. The first-order chi connectivity index (χ1) is 13.6. The number of esters is 1. The van der Waals surface area contributed by atoms with E-state index < -0.39 is 12.1 Å². The standard InChI is InChI=1S/C20H17N3O5/c1-12(19-21-22-20(27-19)13-7-9-14(25-2)10-8-13)26-18(24)11-16-15-5-3-4-6-17(15)28-23-16/h3-10,12H,11H2,1-2H3/t12-/m1/s1. The maximum absolute atomic E-state index is 12.3.